The highest BCUT2D eigenvalue weighted by molar-refractivity contribution is 9.10. The molecule has 0 spiro atoms. The number of hydrogen-bond acceptors (Lipinski definition) is 1. The van der Waals surface area contributed by atoms with Crippen molar-refractivity contribution in [1.29, 1.82) is 0 Å². The van der Waals surface area contributed by atoms with E-state index in [0.717, 1.165) is 34.9 Å². The molecule has 108 valence electrons. The van der Waals surface area contributed by atoms with Crippen molar-refractivity contribution in [1.82, 2.24) is 14.8 Å². The molecule has 4 rings (SSSR count). The van der Waals surface area contributed by atoms with Gasteiger partial charge in [0.05, 0.1) is 16.2 Å². The summed E-state index contributed by atoms with van der Waals surface area (Å²) >= 11 is 9.44. The van der Waals surface area contributed by atoms with Gasteiger partial charge in [-0.2, -0.15) is 5.10 Å². The Balaban J connectivity index is 2.02. The molecule has 1 saturated carbocycles. The molecule has 0 aliphatic heterocycles. The van der Waals surface area contributed by atoms with Crippen LogP contribution in [-0.4, -0.2) is 14.8 Å². The minimum atomic E-state index is -0.244. The smallest absolute Gasteiger partial charge is 0.139 e. The predicted octanol–water partition coefficient (Wildman–Crippen LogP) is 5.31. The van der Waals surface area contributed by atoms with Gasteiger partial charge >= 0.3 is 0 Å². The van der Waals surface area contributed by atoms with Gasteiger partial charge in [0.15, 0.2) is 0 Å². The summed E-state index contributed by atoms with van der Waals surface area (Å²) in [5, 5.41) is 8.21. The summed E-state index contributed by atoms with van der Waals surface area (Å²) in [5.41, 5.74) is 2.74. The van der Waals surface area contributed by atoms with Gasteiger partial charge in [-0.1, -0.05) is 11.6 Å². The summed E-state index contributed by atoms with van der Waals surface area (Å²) < 4.78 is 16.6. The molecular formula is C15H12BrClFN3. The molecule has 0 radical (unpaired) electrons. The zero-order valence-corrected chi connectivity index (χ0v) is 13.4. The van der Waals surface area contributed by atoms with Crippen LogP contribution in [0.2, 0.25) is 5.15 Å². The Morgan fingerprint density at radius 3 is 2.76 bits per heavy atom. The normalized spacial score (nSPS) is 15.6. The number of benzene rings is 1. The number of hydrogen-bond donors (Lipinski definition) is 1. The van der Waals surface area contributed by atoms with Crippen LogP contribution in [0.25, 0.3) is 22.0 Å². The van der Waals surface area contributed by atoms with E-state index in [-0.39, 0.29) is 5.82 Å². The van der Waals surface area contributed by atoms with E-state index >= 15 is 0 Å². The molecule has 0 atom stereocenters. The number of H-pyrrole nitrogens is 1. The van der Waals surface area contributed by atoms with Crippen LogP contribution in [0, 0.1) is 5.82 Å². The second kappa shape index (κ2) is 4.85. The zero-order valence-electron chi connectivity index (χ0n) is 11.0. The Morgan fingerprint density at radius 2 is 2.14 bits per heavy atom. The Hall–Kier alpha value is -1.33. The highest BCUT2D eigenvalue weighted by Gasteiger charge is 2.24. The van der Waals surface area contributed by atoms with Gasteiger partial charge in [-0.15, -0.1) is 0 Å². The maximum Gasteiger partial charge on any atom is 0.139 e. The first-order chi connectivity index (χ1) is 10.1. The summed E-state index contributed by atoms with van der Waals surface area (Å²) in [6.07, 6.45) is 7.28. The zero-order chi connectivity index (χ0) is 14.6. The number of halogens is 3. The number of aromatic amines is 1. The maximum atomic E-state index is 13.9. The van der Waals surface area contributed by atoms with Gasteiger partial charge in [0, 0.05) is 28.8 Å². The van der Waals surface area contributed by atoms with Gasteiger partial charge in [-0.3, -0.25) is 5.10 Å². The summed E-state index contributed by atoms with van der Waals surface area (Å²) in [6.45, 7) is 0. The lowest BCUT2D eigenvalue weighted by Gasteiger charge is -2.28. The lowest BCUT2D eigenvalue weighted by atomic mass is 9.93. The molecule has 0 amide bonds. The van der Waals surface area contributed by atoms with E-state index in [0.29, 0.717) is 15.7 Å². The van der Waals surface area contributed by atoms with Crippen LogP contribution in [0.1, 0.15) is 25.3 Å². The van der Waals surface area contributed by atoms with Gasteiger partial charge in [-0.05, 0) is 47.3 Å². The number of rotatable bonds is 2. The lowest BCUT2D eigenvalue weighted by molar-refractivity contribution is 0.321. The van der Waals surface area contributed by atoms with Crippen LogP contribution < -0.4 is 0 Å². The van der Waals surface area contributed by atoms with Gasteiger partial charge < -0.3 is 4.57 Å². The minimum absolute atomic E-state index is 0.244. The average molecular weight is 369 g/mol. The van der Waals surface area contributed by atoms with Gasteiger partial charge in [0.1, 0.15) is 11.0 Å². The van der Waals surface area contributed by atoms with Crippen molar-refractivity contribution >= 4 is 38.4 Å². The molecule has 1 aliphatic carbocycles. The Kier molecular flexibility index (Phi) is 3.08. The quantitative estimate of drug-likeness (QED) is 0.653. The SMILES string of the molecule is Fc1cc2c(cc1Br)c(-c1cn[nH]c1Cl)cn2C1CCC1. The fraction of sp³-hybridized carbons (Fsp3) is 0.267. The van der Waals surface area contributed by atoms with Gasteiger partial charge in [0.25, 0.3) is 0 Å². The van der Waals surface area contributed by atoms with Crippen molar-refractivity contribution in [2.45, 2.75) is 25.3 Å². The first-order valence-electron chi connectivity index (χ1n) is 6.84. The van der Waals surface area contributed by atoms with Crippen molar-refractivity contribution in [2.24, 2.45) is 0 Å². The maximum absolute atomic E-state index is 13.9. The molecule has 1 fully saturated rings. The van der Waals surface area contributed by atoms with Crippen LogP contribution in [0.5, 0.6) is 0 Å². The van der Waals surface area contributed by atoms with E-state index in [9.17, 15) is 4.39 Å². The van der Waals surface area contributed by atoms with Crippen molar-refractivity contribution < 1.29 is 4.39 Å². The van der Waals surface area contributed by atoms with Crippen LogP contribution in [0.15, 0.2) is 29.0 Å². The van der Waals surface area contributed by atoms with Crippen LogP contribution in [0.3, 0.4) is 0 Å². The number of nitrogens with one attached hydrogen (secondary N) is 1. The third-order valence-electron chi connectivity index (χ3n) is 4.23. The predicted molar refractivity (Wildman–Crippen MR) is 85.1 cm³/mol. The van der Waals surface area contributed by atoms with E-state index in [1.54, 1.807) is 12.3 Å². The Bertz CT molecular complexity index is 835. The Labute approximate surface area is 134 Å². The summed E-state index contributed by atoms with van der Waals surface area (Å²) in [4.78, 5) is 0. The molecule has 3 aromatic rings. The molecule has 2 aromatic heterocycles. The fourth-order valence-corrected chi connectivity index (χ4v) is 3.43. The largest absolute Gasteiger partial charge is 0.344 e. The fourth-order valence-electron chi connectivity index (χ4n) is 2.88. The number of nitrogens with zero attached hydrogens (tertiary/aromatic N) is 2. The molecule has 1 aromatic carbocycles. The molecular weight excluding hydrogens is 357 g/mol. The molecule has 2 heterocycles. The molecule has 21 heavy (non-hydrogen) atoms. The van der Waals surface area contributed by atoms with Crippen LogP contribution >= 0.6 is 27.5 Å². The van der Waals surface area contributed by atoms with E-state index in [4.69, 9.17) is 11.6 Å². The van der Waals surface area contributed by atoms with E-state index in [1.807, 2.05) is 6.07 Å². The first-order valence-corrected chi connectivity index (χ1v) is 8.01. The lowest BCUT2D eigenvalue weighted by Crippen LogP contribution is -2.15. The Morgan fingerprint density at radius 1 is 1.33 bits per heavy atom. The molecule has 6 heteroatoms. The minimum Gasteiger partial charge on any atom is -0.344 e. The van der Waals surface area contributed by atoms with Crippen LogP contribution in [0.4, 0.5) is 4.39 Å². The van der Waals surface area contributed by atoms with Crippen molar-refractivity contribution in [3.8, 4) is 11.1 Å². The van der Waals surface area contributed by atoms with Crippen molar-refractivity contribution in [3.05, 3.63) is 40.0 Å². The molecule has 1 aliphatic rings. The highest BCUT2D eigenvalue weighted by Crippen LogP contribution is 2.41. The van der Waals surface area contributed by atoms with Crippen molar-refractivity contribution in [2.75, 3.05) is 0 Å². The molecule has 3 nitrogen and oxygen atoms in total. The van der Waals surface area contributed by atoms with Crippen LogP contribution in [-0.2, 0) is 0 Å². The number of fused-ring (bicyclic) bond motifs is 1. The molecule has 1 N–H and O–H groups in total. The topological polar surface area (TPSA) is 33.6 Å². The monoisotopic (exact) mass is 367 g/mol. The average Bonchev–Trinajstić information content (AvgIpc) is 2.94. The van der Waals surface area contributed by atoms with E-state index < -0.39 is 0 Å². The van der Waals surface area contributed by atoms with Gasteiger partial charge in [0.2, 0.25) is 0 Å². The number of aromatic nitrogens is 3. The first kappa shape index (κ1) is 13.3. The third kappa shape index (κ3) is 2.02. The standard InChI is InChI=1S/C15H12BrClFN3/c16-12-4-9-11(10-6-19-20-15(10)17)7-21(8-2-1-3-8)14(9)5-13(12)18/h4-8H,1-3H2,(H,19,20). The molecule has 0 bridgehead atoms. The summed E-state index contributed by atoms with van der Waals surface area (Å²) in [5.74, 6) is -0.244. The van der Waals surface area contributed by atoms with E-state index in [1.165, 1.54) is 6.42 Å². The van der Waals surface area contributed by atoms with E-state index in [2.05, 4.69) is 36.9 Å². The van der Waals surface area contributed by atoms with Gasteiger partial charge in [-0.25, -0.2) is 4.39 Å². The molecule has 0 saturated heterocycles. The molecule has 0 unspecified atom stereocenters. The van der Waals surface area contributed by atoms with Crippen molar-refractivity contribution in [3.63, 3.8) is 0 Å². The second-order valence-electron chi connectivity index (χ2n) is 5.42. The summed E-state index contributed by atoms with van der Waals surface area (Å²) in [6, 6.07) is 3.86. The highest BCUT2D eigenvalue weighted by atomic mass is 79.9. The second-order valence-corrected chi connectivity index (χ2v) is 6.65. The summed E-state index contributed by atoms with van der Waals surface area (Å²) in [7, 11) is 0. The third-order valence-corrected chi connectivity index (χ3v) is 5.12.